The zero-order chi connectivity index (χ0) is 13.0. The number of benzene rings is 1. The Morgan fingerprint density at radius 1 is 1.29 bits per heavy atom. The third-order valence-electron chi connectivity index (χ3n) is 2.11. The summed E-state index contributed by atoms with van der Waals surface area (Å²) in [7, 11) is 0. The van der Waals surface area contributed by atoms with Crippen LogP contribution < -0.4 is 4.74 Å². The SMILES string of the molecule is CCC(=O)c1cc(OC(F)F)ccc1C(F)F. The molecule has 94 valence electrons. The van der Waals surface area contributed by atoms with Crippen LogP contribution in [0.1, 0.15) is 35.7 Å². The molecule has 0 atom stereocenters. The van der Waals surface area contributed by atoms with Crippen molar-refractivity contribution in [1.29, 1.82) is 0 Å². The molecule has 0 aliphatic rings. The van der Waals surface area contributed by atoms with Crippen LogP contribution in [0, 0.1) is 0 Å². The Hall–Kier alpha value is -1.59. The lowest BCUT2D eigenvalue weighted by molar-refractivity contribution is -0.0499. The molecule has 0 heterocycles. The van der Waals surface area contributed by atoms with Crippen molar-refractivity contribution in [2.75, 3.05) is 0 Å². The van der Waals surface area contributed by atoms with Gasteiger partial charge >= 0.3 is 6.61 Å². The van der Waals surface area contributed by atoms with Crippen molar-refractivity contribution < 1.29 is 27.1 Å². The molecule has 6 heteroatoms. The largest absolute Gasteiger partial charge is 0.435 e. The van der Waals surface area contributed by atoms with E-state index in [4.69, 9.17) is 0 Å². The maximum Gasteiger partial charge on any atom is 0.387 e. The maximum absolute atomic E-state index is 12.6. The number of hydrogen-bond acceptors (Lipinski definition) is 2. The van der Waals surface area contributed by atoms with Gasteiger partial charge in [-0.05, 0) is 18.2 Å². The zero-order valence-electron chi connectivity index (χ0n) is 8.92. The summed E-state index contributed by atoms with van der Waals surface area (Å²) >= 11 is 0. The summed E-state index contributed by atoms with van der Waals surface area (Å²) in [5, 5.41) is 0. The summed E-state index contributed by atoms with van der Waals surface area (Å²) in [4.78, 5) is 11.4. The molecule has 17 heavy (non-hydrogen) atoms. The van der Waals surface area contributed by atoms with Gasteiger partial charge in [-0.15, -0.1) is 0 Å². The molecular weight excluding hydrogens is 240 g/mol. The van der Waals surface area contributed by atoms with Gasteiger partial charge in [-0.25, -0.2) is 8.78 Å². The highest BCUT2D eigenvalue weighted by molar-refractivity contribution is 5.97. The first-order chi connectivity index (χ1) is 7.95. The van der Waals surface area contributed by atoms with E-state index in [0.29, 0.717) is 0 Å². The maximum atomic E-state index is 12.6. The lowest BCUT2D eigenvalue weighted by Crippen LogP contribution is -2.06. The molecule has 0 unspecified atom stereocenters. The molecule has 0 saturated carbocycles. The topological polar surface area (TPSA) is 26.3 Å². The predicted octanol–water partition coefficient (Wildman–Crippen LogP) is 3.82. The van der Waals surface area contributed by atoms with Crippen molar-refractivity contribution >= 4 is 5.78 Å². The monoisotopic (exact) mass is 250 g/mol. The number of rotatable bonds is 5. The number of ether oxygens (including phenoxy) is 1. The second-order valence-electron chi connectivity index (χ2n) is 3.20. The molecule has 1 rings (SSSR count). The Labute approximate surface area is 95.2 Å². The highest BCUT2D eigenvalue weighted by atomic mass is 19.3. The van der Waals surface area contributed by atoms with Crippen LogP contribution in [0.3, 0.4) is 0 Å². The molecule has 0 radical (unpaired) electrons. The fraction of sp³-hybridized carbons (Fsp3) is 0.364. The third-order valence-corrected chi connectivity index (χ3v) is 2.11. The lowest BCUT2D eigenvalue weighted by atomic mass is 10.0. The minimum atomic E-state index is -3.06. The van der Waals surface area contributed by atoms with E-state index in [0.717, 1.165) is 18.2 Å². The van der Waals surface area contributed by atoms with E-state index in [-0.39, 0.29) is 17.7 Å². The van der Waals surface area contributed by atoms with E-state index in [1.165, 1.54) is 6.92 Å². The molecule has 0 saturated heterocycles. The van der Waals surface area contributed by atoms with Gasteiger partial charge in [-0.3, -0.25) is 4.79 Å². The molecule has 1 aromatic carbocycles. The van der Waals surface area contributed by atoms with E-state index in [2.05, 4.69) is 4.74 Å². The number of alkyl halides is 4. The van der Waals surface area contributed by atoms with E-state index >= 15 is 0 Å². The summed E-state index contributed by atoms with van der Waals surface area (Å²) < 4.78 is 53.1. The lowest BCUT2D eigenvalue weighted by Gasteiger charge is -2.10. The minimum absolute atomic E-state index is 0.0118. The van der Waals surface area contributed by atoms with Gasteiger partial charge in [0.1, 0.15) is 5.75 Å². The smallest absolute Gasteiger partial charge is 0.387 e. The Balaban J connectivity index is 3.14. The van der Waals surface area contributed by atoms with Crippen LogP contribution in [0.5, 0.6) is 5.75 Å². The average molecular weight is 250 g/mol. The molecule has 0 bridgehead atoms. The highest BCUT2D eigenvalue weighted by Crippen LogP contribution is 2.28. The standard InChI is InChI=1S/C11H10F4O2/c1-2-9(16)8-5-6(17-11(14)15)3-4-7(8)10(12)13/h3-5,10-11H,2H2,1H3. The first-order valence-corrected chi connectivity index (χ1v) is 4.85. The summed E-state index contributed by atoms with van der Waals surface area (Å²) in [6.07, 6.45) is -2.82. The van der Waals surface area contributed by atoms with Crippen molar-refractivity contribution in [1.82, 2.24) is 0 Å². The number of ketones is 1. The van der Waals surface area contributed by atoms with Crippen LogP contribution in [0.2, 0.25) is 0 Å². The van der Waals surface area contributed by atoms with Gasteiger partial charge in [-0.1, -0.05) is 6.92 Å². The van der Waals surface area contributed by atoms with Gasteiger partial charge in [-0.2, -0.15) is 8.78 Å². The van der Waals surface area contributed by atoms with Gasteiger partial charge in [0.2, 0.25) is 0 Å². The van der Waals surface area contributed by atoms with E-state index in [1.54, 1.807) is 0 Å². The van der Waals surface area contributed by atoms with Crippen molar-refractivity contribution in [2.45, 2.75) is 26.4 Å². The summed E-state index contributed by atoms with van der Waals surface area (Å²) in [5.74, 6) is -0.846. The molecule has 1 aromatic rings. The number of halogens is 4. The highest BCUT2D eigenvalue weighted by Gasteiger charge is 2.18. The summed E-state index contributed by atoms with van der Waals surface area (Å²) in [5.41, 5.74) is -0.751. The van der Waals surface area contributed by atoms with Gasteiger partial charge in [0, 0.05) is 17.5 Å². The molecular formula is C11H10F4O2. The molecule has 0 N–H and O–H groups in total. The zero-order valence-corrected chi connectivity index (χ0v) is 8.92. The molecule has 0 aliphatic carbocycles. The van der Waals surface area contributed by atoms with Crippen LogP contribution in [0.4, 0.5) is 17.6 Å². The number of Topliss-reactive ketones (excluding diaryl/α,β-unsaturated/α-hetero) is 1. The van der Waals surface area contributed by atoms with Gasteiger partial charge in [0.15, 0.2) is 5.78 Å². The van der Waals surface area contributed by atoms with Crippen LogP contribution >= 0.6 is 0 Å². The Bertz CT molecular complexity index is 404. The van der Waals surface area contributed by atoms with E-state index in [1.807, 2.05) is 0 Å². The number of hydrogen-bond donors (Lipinski definition) is 0. The normalized spacial score (nSPS) is 11.0. The van der Waals surface area contributed by atoms with Crippen LogP contribution in [0.15, 0.2) is 18.2 Å². The Morgan fingerprint density at radius 2 is 1.94 bits per heavy atom. The molecule has 0 aliphatic heterocycles. The number of carbonyl (C=O) groups is 1. The quantitative estimate of drug-likeness (QED) is 0.586. The van der Waals surface area contributed by atoms with Gasteiger partial charge in [0.25, 0.3) is 6.43 Å². The molecule has 0 fully saturated rings. The van der Waals surface area contributed by atoms with Gasteiger partial charge < -0.3 is 4.74 Å². The predicted molar refractivity (Wildman–Crippen MR) is 52.7 cm³/mol. The first kappa shape index (κ1) is 13.5. The summed E-state index contributed by atoms with van der Waals surface area (Å²) in [6, 6.07) is 2.82. The minimum Gasteiger partial charge on any atom is -0.435 e. The molecule has 0 spiro atoms. The first-order valence-electron chi connectivity index (χ1n) is 4.85. The van der Waals surface area contributed by atoms with Crippen molar-refractivity contribution in [3.8, 4) is 5.75 Å². The molecule has 0 aromatic heterocycles. The van der Waals surface area contributed by atoms with Crippen molar-refractivity contribution in [3.63, 3.8) is 0 Å². The van der Waals surface area contributed by atoms with Crippen LogP contribution in [-0.4, -0.2) is 12.4 Å². The van der Waals surface area contributed by atoms with Crippen molar-refractivity contribution in [2.24, 2.45) is 0 Å². The van der Waals surface area contributed by atoms with Gasteiger partial charge in [0.05, 0.1) is 0 Å². The van der Waals surface area contributed by atoms with Crippen LogP contribution in [-0.2, 0) is 0 Å². The number of carbonyl (C=O) groups excluding carboxylic acids is 1. The second kappa shape index (κ2) is 5.65. The average Bonchev–Trinajstić information content (AvgIpc) is 2.26. The fourth-order valence-electron chi connectivity index (χ4n) is 1.33. The summed E-state index contributed by atoms with van der Waals surface area (Å²) in [6.45, 7) is -1.56. The van der Waals surface area contributed by atoms with E-state index < -0.39 is 24.4 Å². The van der Waals surface area contributed by atoms with Crippen molar-refractivity contribution in [3.05, 3.63) is 29.3 Å². The molecule has 2 nitrogen and oxygen atoms in total. The second-order valence-corrected chi connectivity index (χ2v) is 3.20. The Morgan fingerprint density at radius 3 is 2.41 bits per heavy atom. The molecule has 0 amide bonds. The Kier molecular flexibility index (Phi) is 4.48. The fourth-order valence-corrected chi connectivity index (χ4v) is 1.33. The van der Waals surface area contributed by atoms with E-state index in [9.17, 15) is 22.4 Å². The third kappa shape index (κ3) is 3.44. The van der Waals surface area contributed by atoms with Crippen LogP contribution in [0.25, 0.3) is 0 Å².